The molecule has 0 radical (unpaired) electrons. The van der Waals surface area contributed by atoms with Crippen molar-refractivity contribution in [2.24, 2.45) is 0 Å². The summed E-state index contributed by atoms with van der Waals surface area (Å²) in [6, 6.07) is 12.1. The Morgan fingerprint density at radius 2 is 2.00 bits per heavy atom. The third kappa shape index (κ3) is 4.57. The van der Waals surface area contributed by atoms with Crippen LogP contribution in [0.15, 0.2) is 41.9 Å². The topological polar surface area (TPSA) is 25.4 Å². The number of hydrogen-bond acceptors (Lipinski definition) is 4. The maximum Gasteiger partial charge on any atom is 0.121 e. The van der Waals surface area contributed by atoms with E-state index in [1.165, 1.54) is 10.3 Å². The number of halogens is 2. The van der Waals surface area contributed by atoms with Crippen LogP contribution >= 0.6 is 34.5 Å². The van der Waals surface area contributed by atoms with Crippen LogP contribution in [0.4, 0.5) is 0 Å². The van der Waals surface area contributed by atoms with E-state index < -0.39 is 0 Å². The van der Waals surface area contributed by atoms with Crippen molar-refractivity contribution in [1.29, 1.82) is 0 Å². The molecule has 0 aliphatic carbocycles. The van der Waals surface area contributed by atoms with E-state index in [0.29, 0.717) is 10.9 Å². The second-order valence-corrected chi connectivity index (χ2v) is 8.61. The molecule has 3 nitrogen and oxygen atoms in total. The van der Waals surface area contributed by atoms with Crippen molar-refractivity contribution in [2.45, 2.75) is 25.2 Å². The van der Waals surface area contributed by atoms with E-state index in [4.69, 9.17) is 27.9 Å². The van der Waals surface area contributed by atoms with Crippen molar-refractivity contribution >= 4 is 44.8 Å². The molecule has 6 heteroatoms. The largest absolute Gasteiger partial charge is 0.493 e. The number of rotatable bonds is 6. The minimum absolute atomic E-state index is 0.508. The van der Waals surface area contributed by atoms with Gasteiger partial charge in [0.1, 0.15) is 5.75 Å². The molecular weight excluding hydrogens is 399 g/mol. The van der Waals surface area contributed by atoms with E-state index in [9.17, 15) is 0 Å². The molecule has 0 atom stereocenters. The summed E-state index contributed by atoms with van der Waals surface area (Å²) in [7, 11) is 0. The number of ether oxygens (including phenoxy) is 1. The zero-order valence-electron chi connectivity index (χ0n) is 15.0. The summed E-state index contributed by atoms with van der Waals surface area (Å²) in [6.07, 6.45) is 3.28. The first-order chi connectivity index (χ1) is 13.2. The van der Waals surface area contributed by atoms with Gasteiger partial charge in [-0.15, -0.1) is 11.3 Å². The van der Waals surface area contributed by atoms with Gasteiger partial charge in [-0.05, 0) is 62.0 Å². The Morgan fingerprint density at radius 1 is 1.15 bits per heavy atom. The van der Waals surface area contributed by atoms with Crippen LogP contribution in [0.3, 0.4) is 0 Å². The van der Waals surface area contributed by atoms with Crippen molar-refractivity contribution in [2.75, 3.05) is 26.2 Å². The van der Waals surface area contributed by atoms with Gasteiger partial charge in [0.05, 0.1) is 32.4 Å². The lowest BCUT2D eigenvalue weighted by Gasteiger charge is -2.32. The summed E-state index contributed by atoms with van der Waals surface area (Å²) in [6.45, 7) is 3.99. The van der Waals surface area contributed by atoms with Crippen LogP contribution < -0.4 is 4.74 Å². The summed E-state index contributed by atoms with van der Waals surface area (Å²) in [5.74, 6) is 1.41. The minimum atomic E-state index is 0.508. The van der Waals surface area contributed by atoms with Crippen LogP contribution in [0, 0.1) is 0 Å². The molecule has 0 spiro atoms. The van der Waals surface area contributed by atoms with E-state index in [0.717, 1.165) is 61.8 Å². The van der Waals surface area contributed by atoms with E-state index in [-0.39, 0.29) is 0 Å². The fraction of sp³-hybridized carbons (Fsp3) is 0.381. The molecule has 2 aromatic carbocycles. The van der Waals surface area contributed by atoms with Gasteiger partial charge in [-0.3, -0.25) is 0 Å². The van der Waals surface area contributed by atoms with Crippen molar-refractivity contribution in [3.63, 3.8) is 0 Å². The molecule has 1 aliphatic rings. The fourth-order valence-electron chi connectivity index (χ4n) is 3.71. The second-order valence-electron chi connectivity index (χ2n) is 6.94. The monoisotopic (exact) mass is 420 g/mol. The number of nitrogens with zero attached hydrogens (tertiary/aromatic N) is 2. The van der Waals surface area contributed by atoms with Gasteiger partial charge in [-0.1, -0.05) is 35.3 Å². The number of thiazole rings is 1. The van der Waals surface area contributed by atoms with Crippen molar-refractivity contribution in [3.8, 4) is 5.75 Å². The van der Waals surface area contributed by atoms with E-state index >= 15 is 0 Å². The molecule has 0 unspecified atom stereocenters. The van der Waals surface area contributed by atoms with Gasteiger partial charge in [0.25, 0.3) is 0 Å². The highest BCUT2D eigenvalue weighted by Crippen LogP contribution is 2.36. The Kier molecular flexibility index (Phi) is 6.18. The molecule has 2 heterocycles. The van der Waals surface area contributed by atoms with Gasteiger partial charge in [0, 0.05) is 12.6 Å². The van der Waals surface area contributed by atoms with Crippen molar-refractivity contribution < 1.29 is 4.74 Å². The first-order valence-electron chi connectivity index (χ1n) is 9.33. The number of piperidine rings is 1. The number of hydrogen-bond donors (Lipinski definition) is 0. The molecule has 1 aromatic heterocycles. The maximum absolute atomic E-state index is 6.39. The van der Waals surface area contributed by atoms with Gasteiger partial charge >= 0.3 is 0 Å². The Hall–Kier alpha value is -1.33. The second kappa shape index (κ2) is 8.78. The van der Waals surface area contributed by atoms with Gasteiger partial charge in [-0.25, -0.2) is 4.98 Å². The summed E-state index contributed by atoms with van der Waals surface area (Å²) >= 11 is 14.2. The standard InChI is InChI=1S/C21H22Cl2N2OS/c22-18-4-1-3-17(21(18)23)15-7-10-25(11-8-15)9-2-12-26-16-5-6-20-19(13-16)24-14-27-20/h1,3-6,13-15H,2,7-12H2. The molecule has 3 aromatic rings. The molecule has 27 heavy (non-hydrogen) atoms. The molecular formula is C21H22Cl2N2OS. The van der Waals surface area contributed by atoms with Crippen LogP contribution in [-0.2, 0) is 0 Å². The number of likely N-dealkylation sites (tertiary alicyclic amines) is 1. The molecule has 1 aliphatic heterocycles. The third-order valence-corrected chi connectivity index (χ3v) is 6.84. The van der Waals surface area contributed by atoms with E-state index in [1.54, 1.807) is 11.3 Å². The number of aromatic nitrogens is 1. The lowest BCUT2D eigenvalue weighted by atomic mass is 9.89. The Balaban J connectivity index is 1.21. The minimum Gasteiger partial charge on any atom is -0.493 e. The third-order valence-electron chi connectivity index (χ3n) is 5.20. The molecule has 142 valence electrons. The number of benzene rings is 2. The Morgan fingerprint density at radius 3 is 2.85 bits per heavy atom. The smallest absolute Gasteiger partial charge is 0.121 e. The zero-order chi connectivity index (χ0) is 18.6. The molecule has 1 saturated heterocycles. The maximum atomic E-state index is 6.39. The Labute approximate surface area is 173 Å². The summed E-state index contributed by atoms with van der Waals surface area (Å²) in [5, 5.41) is 1.38. The first-order valence-corrected chi connectivity index (χ1v) is 11.0. The average molecular weight is 421 g/mol. The Bertz CT molecular complexity index is 906. The number of fused-ring (bicyclic) bond motifs is 1. The first kappa shape index (κ1) is 19.0. The molecule has 0 bridgehead atoms. The van der Waals surface area contributed by atoms with Crippen molar-refractivity contribution in [1.82, 2.24) is 9.88 Å². The van der Waals surface area contributed by atoms with E-state index in [1.807, 2.05) is 29.8 Å². The fourth-order valence-corrected chi connectivity index (χ4v) is 4.83. The van der Waals surface area contributed by atoms with Crippen LogP contribution in [0.5, 0.6) is 5.75 Å². The lowest BCUT2D eigenvalue weighted by molar-refractivity contribution is 0.193. The highest BCUT2D eigenvalue weighted by molar-refractivity contribution is 7.16. The van der Waals surface area contributed by atoms with Gasteiger partial charge in [0.2, 0.25) is 0 Å². The average Bonchev–Trinajstić information content (AvgIpc) is 3.16. The predicted molar refractivity (Wildman–Crippen MR) is 115 cm³/mol. The normalized spacial score (nSPS) is 16.1. The molecule has 0 N–H and O–H groups in total. The highest BCUT2D eigenvalue weighted by atomic mass is 35.5. The highest BCUT2D eigenvalue weighted by Gasteiger charge is 2.22. The van der Waals surface area contributed by atoms with Gasteiger partial charge in [0.15, 0.2) is 0 Å². The van der Waals surface area contributed by atoms with Gasteiger partial charge in [-0.2, -0.15) is 0 Å². The predicted octanol–water partition coefficient (Wildman–Crippen LogP) is 6.25. The molecule has 1 fully saturated rings. The zero-order valence-corrected chi connectivity index (χ0v) is 17.4. The SMILES string of the molecule is Clc1cccc(C2CCN(CCCOc3ccc4scnc4c3)CC2)c1Cl. The molecule has 4 rings (SSSR count). The van der Waals surface area contributed by atoms with Crippen LogP contribution in [0.25, 0.3) is 10.2 Å². The van der Waals surface area contributed by atoms with Crippen LogP contribution in [-0.4, -0.2) is 36.1 Å². The molecule has 0 saturated carbocycles. The van der Waals surface area contributed by atoms with E-state index in [2.05, 4.69) is 22.0 Å². The van der Waals surface area contributed by atoms with Crippen molar-refractivity contribution in [3.05, 3.63) is 57.5 Å². The summed E-state index contributed by atoms with van der Waals surface area (Å²) in [4.78, 5) is 6.85. The quantitative estimate of drug-likeness (QED) is 0.440. The lowest BCUT2D eigenvalue weighted by Crippen LogP contribution is -2.34. The van der Waals surface area contributed by atoms with Crippen LogP contribution in [0.2, 0.25) is 10.0 Å². The molecule has 0 amide bonds. The van der Waals surface area contributed by atoms with Crippen LogP contribution in [0.1, 0.15) is 30.7 Å². The summed E-state index contributed by atoms with van der Waals surface area (Å²) < 4.78 is 7.10. The van der Waals surface area contributed by atoms with Gasteiger partial charge < -0.3 is 9.64 Å². The summed E-state index contributed by atoms with van der Waals surface area (Å²) in [5.41, 5.74) is 4.08.